The van der Waals surface area contributed by atoms with Crippen molar-refractivity contribution in [3.8, 4) is 17.3 Å². The van der Waals surface area contributed by atoms with Gasteiger partial charge in [-0.15, -0.1) is 0 Å². The zero-order valence-electron chi connectivity index (χ0n) is 13.1. The van der Waals surface area contributed by atoms with Gasteiger partial charge in [-0.25, -0.2) is 4.98 Å². The predicted octanol–water partition coefficient (Wildman–Crippen LogP) is 4.00. The number of anilines is 1. The highest BCUT2D eigenvalue weighted by Gasteiger charge is 2.06. The zero-order valence-corrected chi connectivity index (χ0v) is 13.9. The van der Waals surface area contributed by atoms with Crippen LogP contribution in [0, 0.1) is 0 Å². The molecule has 23 heavy (non-hydrogen) atoms. The Bertz CT molecular complexity index is 741. The molecule has 0 amide bonds. The van der Waals surface area contributed by atoms with Crippen LogP contribution >= 0.6 is 11.5 Å². The molecule has 0 aliphatic carbocycles. The zero-order chi connectivity index (χ0) is 16.1. The van der Waals surface area contributed by atoms with Crippen LogP contribution in [0.25, 0.3) is 11.4 Å². The van der Waals surface area contributed by atoms with Gasteiger partial charge in [-0.3, -0.25) is 0 Å². The highest BCUT2D eigenvalue weighted by molar-refractivity contribution is 7.09. The van der Waals surface area contributed by atoms with Crippen molar-refractivity contribution in [1.82, 2.24) is 14.3 Å². The molecule has 3 rings (SSSR count). The monoisotopic (exact) mass is 326 g/mol. The minimum atomic E-state index is 0.129. The van der Waals surface area contributed by atoms with Gasteiger partial charge in [0.1, 0.15) is 0 Å². The Labute approximate surface area is 139 Å². The molecule has 0 aliphatic heterocycles. The minimum absolute atomic E-state index is 0.129. The molecule has 118 valence electrons. The number of nitrogens with zero attached hydrogens (tertiary/aromatic N) is 3. The van der Waals surface area contributed by atoms with E-state index >= 15 is 0 Å². The normalized spacial score (nSPS) is 10.7. The van der Waals surface area contributed by atoms with E-state index < -0.39 is 0 Å². The summed E-state index contributed by atoms with van der Waals surface area (Å²) in [5, 5.41) is 4.07. The number of pyridine rings is 1. The van der Waals surface area contributed by atoms with Gasteiger partial charge in [-0.1, -0.05) is 36.4 Å². The molecule has 0 bridgehead atoms. The molecule has 1 aromatic carbocycles. The van der Waals surface area contributed by atoms with E-state index in [4.69, 9.17) is 4.74 Å². The highest BCUT2D eigenvalue weighted by atomic mass is 32.1. The van der Waals surface area contributed by atoms with Gasteiger partial charge in [0.2, 0.25) is 11.0 Å². The molecular formula is C17H18N4OS. The first kappa shape index (κ1) is 15.4. The van der Waals surface area contributed by atoms with Crippen LogP contribution in [0.1, 0.15) is 19.4 Å². The molecule has 0 aliphatic rings. The first-order valence-electron chi connectivity index (χ1n) is 7.45. The van der Waals surface area contributed by atoms with E-state index in [0.717, 1.165) is 22.1 Å². The molecule has 2 aromatic heterocycles. The molecule has 0 atom stereocenters. The van der Waals surface area contributed by atoms with Gasteiger partial charge in [-0.2, -0.15) is 9.36 Å². The average molecular weight is 326 g/mol. The van der Waals surface area contributed by atoms with E-state index in [0.29, 0.717) is 12.4 Å². The topological polar surface area (TPSA) is 59.9 Å². The molecule has 0 unspecified atom stereocenters. The second-order valence-corrected chi connectivity index (χ2v) is 6.07. The van der Waals surface area contributed by atoms with E-state index in [-0.39, 0.29) is 6.10 Å². The number of hydrogen-bond acceptors (Lipinski definition) is 6. The first-order chi connectivity index (χ1) is 11.2. The van der Waals surface area contributed by atoms with E-state index in [1.54, 1.807) is 0 Å². The number of benzene rings is 1. The largest absolute Gasteiger partial charge is 0.475 e. The van der Waals surface area contributed by atoms with Crippen molar-refractivity contribution in [2.24, 2.45) is 0 Å². The summed E-state index contributed by atoms with van der Waals surface area (Å²) in [5.74, 6) is 1.39. The van der Waals surface area contributed by atoms with Crippen LogP contribution < -0.4 is 10.1 Å². The van der Waals surface area contributed by atoms with Crippen molar-refractivity contribution in [3.05, 3.63) is 54.2 Å². The maximum atomic E-state index is 5.53. The lowest BCUT2D eigenvalue weighted by molar-refractivity contribution is 0.232. The average Bonchev–Trinajstić information content (AvgIpc) is 3.04. The van der Waals surface area contributed by atoms with Crippen LogP contribution in [-0.2, 0) is 6.54 Å². The van der Waals surface area contributed by atoms with Crippen molar-refractivity contribution < 1.29 is 4.74 Å². The Balaban J connectivity index is 1.59. The van der Waals surface area contributed by atoms with E-state index in [1.807, 2.05) is 62.5 Å². The molecule has 0 radical (unpaired) electrons. The molecule has 2 heterocycles. The molecule has 0 spiro atoms. The summed E-state index contributed by atoms with van der Waals surface area (Å²) in [6.45, 7) is 4.62. The summed E-state index contributed by atoms with van der Waals surface area (Å²) in [6, 6.07) is 13.8. The fourth-order valence-corrected chi connectivity index (χ4v) is 2.59. The fourth-order valence-electron chi connectivity index (χ4n) is 2.00. The summed E-state index contributed by atoms with van der Waals surface area (Å²) >= 11 is 1.36. The molecular weight excluding hydrogens is 308 g/mol. The summed E-state index contributed by atoms with van der Waals surface area (Å²) < 4.78 is 9.91. The Morgan fingerprint density at radius 2 is 1.96 bits per heavy atom. The molecule has 0 fully saturated rings. The van der Waals surface area contributed by atoms with Gasteiger partial charge < -0.3 is 10.1 Å². The van der Waals surface area contributed by atoms with E-state index in [9.17, 15) is 0 Å². The standard InChI is InChI=1S/C17H18N4OS/c1-12(2)22-15-9-8-13(10-18-15)11-19-17-20-16(21-23-17)14-6-4-3-5-7-14/h3-10,12H,11H2,1-2H3,(H,19,20,21). The van der Waals surface area contributed by atoms with Crippen molar-refractivity contribution in [3.63, 3.8) is 0 Å². The Morgan fingerprint density at radius 3 is 2.65 bits per heavy atom. The summed E-state index contributed by atoms with van der Waals surface area (Å²) in [4.78, 5) is 8.79. The van der Waals surface area contributed by atoms with Crippen LogP contribution in [0.5, 0.6) is 5.88 Å². The smallest absolute Gasteiger partial charge is 0.213 e. The summed E-state index contributed by atoms with van der Waals surface area (Å²) in [5.41, 5.74) is 2.09. The van der Waals surface area contributed by atoms with Crippen molar-refractivity contribution in [1.29, 1.82) is 0 Å². The SMILES string of the molecule is CC(C)Oc1ccc(CNc2nc(-c3ccccc3)ns2)cn1. The van der Waals surface area contributed by atoms with E-state index in [2.05, 4.69) is 19.7 Å². The van der Waals surface area contributed by atoms with Crippen LogP contribution in [0.3, 0.4) is 0 Å². The van der Waals surface area contributed by atoms with Crippen LogP contribution in [0.15, 0.2) is 48.7 Å². The quantitative estimate of drug-likeness (QED) is 0.742. The van der Waals surface area contributed by atoms with Gasteiger partial charge >= 0.3 is 0 Å². The second-order valence-electron chi connectivity index (χ2n) is 5.31. The van der Waals surface area contributed by atoms with E-state index in [1.165, 1.54) is 11.5 Å². The molecule has 5 nitrogen and oxygen atoms in total. The van der Waals surface area contributed by atoms with Crippen molar-refractivity contribution >= 4 is 16.7 Å². The lowest BCUT2D eigenvalue weighted by Crippen LogP contribution is -2.07. The van der Waals surface area contributed by atoms with Crippen LogP contribution in [-0.4, -0.2) is 20.4 Å². The Morgan fingerprint density at radius 1 is 1.13 bits per heavy atom. The third-order valence-corrected chi connectivity index (χ3v) is 3.73. The number of ether oxygens (including phenoxy) is 1. The maximum absolute atomic E-state index is 5.53. The number of hydrogen-bond donors (Lipinski definition) is 1. The van der Waals surface area contributed by atoms with Crippen molar-refractivity contribution in [2.45, 2.75) is 26.5 Å². The molecule has 3 aromatic rings. The summed E-state index contributed by atoms with van der Waals surface area (Å²) in [7, 11) is 0. The first-order valence-corrected chi connectivity index (χ1v) is 8.22. The molecule has 6 heteroatoms. The number of nitrogens with one attached hydrogen (secondary N) is 1. The van der Waals surface area contributed by atoms with Gasteiger partial charge in [0.25, 0.3) is 0 Å². The Hall–Kier alpha value is -2.47. The van der Waals surface area contributed by atoms with Crippen molar-refractivity contribution in [2.75, 3.05) is 5.32 Å². The summed E-state index contributed by atoms with van der Waals surface area (Å²) in [6.07, 6.45) is 1.94. The number of rotatable bonds is 6. The molecule has 0 saturated heterocycles. The Kier molecular flexibility index (Phi) is 4.83. The minimum Gasteiger partial charge on any atom is -0.475 e. The lowest BCUT2D eigenvalue weighted by Gasteiger charge is -2.08. The fraction of sp³-hybridized carbons (Fsp3) is 0.235. The predicted molar refractivity (Wildman–Crippen MR) is 92.7 cm³/mol. The molecule has 0 saturated carbocycles. The lowest BCUT2D eigenvalue weighted by atomic mass is 10.2. The van der Waals surface area contributed by atoms with Crippen LogP contribution in [0.4, 0.5) is 5.13 Å². The number of aromatic nitrogens is 3. The third-order valence-electron chi connectivity index (χ3n) is 3.06. The second kappa shape index (κ2) is 7.19. The van der Waals surface area contributed by atoms with Gasteiger partial charge in [0.15, 0.2) is 5.82 Å². The van der Waals surface area contributed by atoms with Gasteiger partial charge in [-0.05, 0) is 19.4 Å². The highest BCUT2D eigenvalue weighted by Crippen LogP contribution is 2.21. The third kappa shape index (κ3) is 4.26. The van der Waals surface area contributed by atoms with Gasteiger partial charge in [0, 0.05) is 35.9 Å². The molecule has 1 N–H and O–H groups in total. The van der Waals surface area contributed by atoms with Crippen LogP contribution in [0.2, 0.25) is 0 Å². The van der Waals surface area contributed by atoms with Gasteiger partial charge in [0.05, 0.1) is 6.10 Å². The maximum Gasteiger partial charge on any atom is 0.213 e.